The molecule has 11 heteroatoms. The number of fused-ring (bicyclic) bond motifs is 3. The van der Waals surface area contributed by atoms with Crippen molar-refractivity contribution in [2.75, 3.05) is 90.4 Å². The zero-order valence-corrected chi connectivity index (χ0v) is 27.5. The van der Waals surface area contributed by atoms with Gasteiger partial charge in [-0.3, -0.25) is 0 Å². The highest BCUT2D eigenvalue weighted by Gasteiger charge is 2.44. The van der Waals surface area contributed by atoms with Crippen molar-refractivity contribution in [3.8, 4) is 11.8 Å². The number of halogens is 1. The van der Waals surface area contributed by atoms with Crippen molar-refractivity contribution in [1.29, 1.82) is 0 Å². The van der Waals surface area contributed by atoms with Gasteiger partial charge in [-0.15, -0.1) is 0 Å². The van der Waals surface area contributed by atoms with Gasteiger partial charge in [0.05, 0.1) is 44.8 Å². The Balaban J connectivity index is 1.26. The van der Waals surface area contributed by atoms with Gasteiger partial charge in [-0.2, -0.15) is 9.97 Å². The van der Waals surface area contributed by atoms with E-state index in [0.29, 0.717) is 62.6 Å². The molecule has 7 rings (SSSR count). The molecule has 0 spiro atoms. The number of hydrogen-bond acceptors (Lipinski definition) is 10. The first-order valence-electron chi connectivity index (χ1n) is 16.6. The summed E-state index contributed by atoms with van der Waals surface area (Å²) in [6.45, 7) is 8.55. The van der Waals surface area contributed by atoms with Gasteiger partial charge in [0.1, 0.15) is 17.4 Å². The predicted octanol–water partition coefficient (Wildman–Crippen LogP) is 4.45. The summed E-state index contributed by atoms with van der Waals surface area (Å²) < 4.78 is 44.7. The fourth-order valence-corrected chi connectivity index (χ4v) is 7.42. The standard InChI is InChI=1S/C35H46FN5O5/c1-5-26-28(36)7-6-23-14-25(46-22-42-4)15-30(32(23)26)40-11-8-27-29(17-40)37-34(45-21-35(9-10-35)20-39(2)3)38-33(27)41-12-13-44-31-19-43-18-24(31)16-41/h6-7,14-15,24,31H,5,8-13,16-22H2,1-4H3/t24-,31+/m0/s1. The smallest absolute Gasteiger partial charge is 0.318 e. The van der Waals surface area contributed by atoms with E-state index in [1.807, 2.05) is 25.1 Å². The molecule has 4 heterocycles. The van der Waals surface area contributed by atoms with Crippen molar-refractivity contribution in [3.05, 3.63) is 46.9 Å². The normalized spacial score (nSPS) is 22.1. The number of rotatable bonds is 11. The molecule has 0 bridgehead atoms. The molecule has 2 aromatic carbocycles. The lowest BCUT2D eigenvalue weighted by Gasteiger charge is -2.35. The molecule has 3 aliphatic heterocycles. The minimum Gasteiger partial charge on any atom is -0.467 e. The summed E-state index contributed by atoms with van der Waals surface area (Å²) in [5.74, 6) is 1.74. The lowest BCUT2D eigenvalue weighted by Crippen LogP contribution is -2.37. The molecule has 248 valence electrons. The third-order valence-corrected chi connectivity index (χ3v) is 9.88. The lowest BCUT2D eigenvalue weighted by molar-refractivity contribution is 0.0412. The monoisotopic (exact) mass is 635 g/mol. The van der Waals surface area contributed by atoms with Crippen LogP contribution in [0.4, 0.5) is 15.9 Å². The molecule has 0 N–H and O–H groups in total. The maximum Gasteiger partial charge on any atom is 0.318 e. The quantitative estimate of drug-likeness (QED) is 0.282. The molecular weight excluding hydrogens is 589 g/mol. The first-order chi connectivity index (χ1) is 22.4. The van der Waals surface area contributed by atoms with E-state index in [1.54, 1.807) is 13.2 Å². The second-order valence-electron chi connectivity index (χ2n) is 13.6. The van der Waals surface area contributed by atoms with Crippen LogP contribution < -0.4 is 19.3 Å². The summed E-state index contributed by atoms with van der Waals surface area (Å²) >= 11 is 0. The highest BCUT2D eigenvalue weighted by Crippen LogP contribution is 2.46. The molecule has 1 aromatic heterocycles. The van der Waals surface area contributed by atoms with Crippen LogP contribution in [0.3, 0.4) is 0 Å². The molecule has 3 aromatic rings. The van der Waals surface area contributed by atoms with E-state index in [2.05, 4.69) is 28.8 Å². The summed E-state index contributed by atoms with van der Waals surface area (Å²) in [4.78, 5) is 17.0. The fraction of sp³-hybridized carbons (Fsp3) is 0.600. The van der Waals surface area contributed by atoms with E-state index in [-0.39, 0.29) is 24.1 Å². The fourth-order valence-electron chi connectivity index (χ4n) is 7.42. The highest BCUT2D eigenvalue weighted by atomic mass is 19.1. The first-order valence-corrected chi connectivity index (χ1v) is 16.6. The number of aromatic nitrogens is 2. The Hall–Kier alpha value is -3.25. The number of ether oxygens (including phenoxy) is 5. The molecular formula is C35H46FN5O5. The lowest BCUT2D eigenvalue weighted by atomic mass is 9.97. The summed E-state index contributed by atoms with van der Waals surface area (Å²) in [5, 5.41) is 1.85. The number of nitrogens with zero attached hydrogens (tertiary/aromatic N) is 5. The molecule has 4 aliphatic rings. The first kappa shape index (κ1) is 31.4. The second kappa shape index (κ2) is 13.1. The third kappa shape index (κ3) is 6.34. The van der Waals surface area contributed by atoms with Gasteiger partial charge in [-0.05, 0) is 62.9 Å². The van der Waals surface area contributed by atoms with E-state index in [4.69, 9.17) is 33.7 Å². The summed E-state index contributed by atoms with van der Waals surface area (Å²) in [5.41, 5.74) is 3.89. The zero-order valence-electron chi connectivity index (χ0n) is 27.5. The number of methoxy groups -OCH3 is 1. The third-order valence-electron chi connectivity index (χ3n) is 9.88. The van der Waals surface area contributed by atoms with Crippen LogP contribution in [0.15, 0.2) is 24.3 Å². The van der Waals surface area contributed by atoms with E-state index in [9.17, 15) is 0 Å². The molecule has 1 aliphatic carbocycles. The molecule has 3 fully saturated rings. The summed E-state index contributed by atoms with van der Waals surface area (Å²) in [6.07, 6.45) is 3.76. The van der Waals surface area contributed by atoms with Gasteiger partial charge in [0, 0.05) is 67.3 Å². The van der Waals surface area contributed by atoms with Gasteiger partial charge in [-0.1, -0.05) is 13.0 Å². The molecule has 2 atom stereocenters. The Morgan fingerprint density at radius 3 is 2.74 bits per heavy atom. The van der Waals surface area contributed by atoms with Crippen LogP contribution in [0.2, 0.25) is 0 Å². The topological polar surface area (TPSA) is 81.7 Å². The average Bonchev–Trinajstić information content (AvgIpc) is 3.73. The predicted molar refractivity (Wildman–Crippen MR) is 175 cm³/mol. The minimum atomic E-state index is -0.191. The van der Waals surface area contributed by atoms with Crippen LogP contribution in [0, 0.1) is 17.2 Å². The van der Waals surface area contributed by atoms with Gasteiger partial charge in [0.25, 0.3) is 0 Å². The van der Waals surface area contributed by atoms with E-state index in [1.165, 1.54) is 0 Å². The van der Waals surface area contributed by atoms with Gasteiger partial charge in [0.15, 0.2) is 6.79 Å². The maximum absolute atomic E-state index is 15.2. The molecule has 0 amide bonds. The van der Waals surface area contributed by atoms with Crippen LogP contribution >= 0.6 is 0 Å². The number of aryl methyl sites for hydroxylation is 1. The molecule has 10 nitrogen and oxygen atoms in total. The maximum atomic E-state index is 15.2. The van der Waals surface area contributed by atoms with Gasteiger partial charge < -0.3 is 38.4 Å². The number of anilines is 2. The van der Waals surface area contributed by atoms with Crippen LogP contribution in [0.1, 0.15) is 36.6 Å². The number of benzene rings is 2. The number of hydrogen-bond donors (Lipinski definition) is 0. The van der Waals surface area contributed by atoms with Crippen molar-refractivity contribution in [3.63, 3.8) is 0 Å². The van der Waals surface area contributed by atoms with E-state index >= 15 is 4.39 Å². The Morgan fingerprint density at radius 1 is 1.09 bits per heavy atom. The Kier molecular flexibility index (Phi) is 8.93. The molecule has 0 radical (unpaired) electrons. The molecule has 2 saturated heterocycles. The van der Waals surface area contributed by atoms with Crippen LogP contribution in [-0.2, 0) is 33.6 Å². The Bertz CT molecular complexity index is 1570. The van der Waals surface area contributed by atoms with Crippen LogP contribution in [0.25, 0.3) is 10.8 Å². The summed E-state index contributed by atoms with van der Waals surface area (Å²) in [6, 6.07) is 7.78. The van der Waals surface area contributed by atoms with Crippen molar-refractivity contribution in [1.82, 2.24) is 14.9 Å². The average molecular weight is 636 g/mol. The Morgan fingerprint density at radius 2 is 1.96 bits per heavy atom. The Labute approximate surface area is 270 Å². The van der Waals surface area contributed by atoms with Gasteiger partial charge >= 0.3 is 6.01 Å². The van der Waals surface area contributed by atoms with E-state index < -0.39 is 0 Å². The van der Waals surface area contributed by atoms with Crippen molar-refractivity contribution in [2.24, 2.45) is 11.3 Å². The minimum absolute atomic E-state index is 0.128. The molecule has 0 unspecified atom stereocenters. The van der Waals surface area contributed by atoms with Crippen LogP contribution in [-0.4, -0.2) is 102 Å². The van der Waals surface area contributed by atoms with E-state index in [0.717, 1.165) is 79.0 Å². The van der Waals surface area contributed by atoms with Crippen LogP contribution in [0.5, 0.6) is 11.8 Å². The SMILES string of the molecule is CCc1c(F)ccc2cc(OCOC)cc(N3CCc4c(nc(OCC5(CN(C)C)CC5)nc4N4CCO[C@@H]5COC[C@@H]5C4)C3)c12. The highest BCUT2D eigenvalue weighted by molar-refractivity contribution is 5.98. The van der Waals surface area contributed by atoms with Crippen molar-refractivity contribution >= 4 is 22.3 Å². The van der Waals surface area contributed by atoms with Crippen molar-refractivity contribution < 1.29 is 28.1 Å². The second-order valence-corrected chi connectivity index (χ2v) is 13.6. The van der Waals surface area contributed by atoms with Crippen molar-refractivity contribution in [2.45, 2.75) is 45.3 Å². The molecule has 46 heavy (non-hydrogen) atoms. The van der Waals surface area contributed by atoms with Gasteiger partial charge in [-0.25, -0.2) is 4.39 Å². The zero-order chi connectivity index (χ0) is 31.8. The largest absolute Gasteiger partial charge is 0.467 e. The van der Waals surface area contributed by atoms with Gasteiger partial charge in [0.2, 0.25) is 0 Å². The summed E-state index contributed by atoms with van der Waals surface area (Å²) in [7, 11) is 5.82. The molecule has 1 saturated carbocycles.